The Morgan fingerprint density at radius 2 is 1.97 bits per heavy atom. The number of halogens is 3. The second kappa shape index (κ2) is 7.68. The van der Waals surface area contributed by atoms with Crippen LogP contribution >= 0.6 is 23.4 Å². The number of thioether (sulfide) groups is 1. The van der Waals surface area contributed by atoms with Crippen LogP contribution in [-0.2, 0) is 11.3 Å². The lowest BCUT2D eigenvalue weighted by atomic mass is 9.72. The number of β-lactam (4-membered cyclic amide) rings is 1. The summed E-state index contributed by atoms with van der Waals surface area (Å²) in [7, 11) is 1.80. The molecule has 1 atom stereocenters. The van der Waals surface area contributed by atoms with Gasteiger partial charge in [0, 0.05) is 66.5 Å². The molecule has 0 radical (unpaired) electrons. The molecule has 1 unspecified atom stereocenters. The van der Waals surface area contributed by atoms with Crippen molar-refractivity contribution in [1.29, 1.82) is 0 Å². The molecule has 0 aliphatic carbocycles. The first-order valence-electron chi connectivity index (χ1n) is 11.1. The van der Waals surface area contributed by atoms with E-state index in [2.05, 4.69) is 4.98 Å². The Kier molecular flexibility index (Phi) is 4.94. The molecule has 3 aliphatic rings. The van der Waals surface area contributed by atoms with Gasteiger partial charge in [-0.2, -0.15) is 4.98 Å². The number of likely N-dealkylation sites (tertiary alicyclic amines) is 1. The van der Waals surface area contributed by atoms with Gasteiger partial charge in [0.05, 0.1) is 16.0 Å². The molecule has 10 heteroatoms. The van der Waals surface area contributed by atoms with E-state index in [1.165, 1.54) is 23.9 Å². The van der Waals surface area contributed by atoms with Crippen LogP contribution in [0, 0.1) is 17.0 Å². The first kappa shape index (κ1) is 21.9. The van der Waals surface area contributed by atoms with Gasteiger partial charge in [0.15, 0.2) is 0 Å². The molecule has 2 aromatic carbocycles. The largest absolute Gasteiger partial charge is 0.355 e. The van der Waals surface area contributed by atoms with Gasteiger partial charge in [-0.3, -0.25) is 9.36 Å². The van der Waals surface area contributed by atoms with E-state index in [-0.39, 0.29) is 17.2 Å². The van der Waals surface area contributed by atoms with Crippen LogP contribution in [0.4, 0.5) is 14.6 Å². The van der Waals surface area contributed by atoms with E-state index < -0.39 is 17.0 Å². The Hall–Kier alpha value is -2.65. The summed E-state index contributed by atoms with van der Waals surface area (Å²) >= 11 is 8.23. The van der Waals surface area contributed by atoms with E-state index in [1.54, 1.807) is 22.6 Å². The highest BCUT2D eigenvalue weighted by Crippen LogP contribution is 2.47. The summed E-state index contributed by atoms with van der Waals surface area (Å²) in [5.74, 6) is -0.142. The average molecular weight is 503 g/mol. The van der Waals surface area contributed by atoms with Gasteiger partial charge in [0.1, 0.15) is 17.5 Å². The number of hydrogen-bond donors (Lipinski definition) is 0. The van der Waals surface area contributed by atoms with Crippen LogP contribution in [0.1, 0.15) is 12.8 Å². The van der Waals surface area contributed by atoms with Crippen LogP contribution in [0.5, 0.6) is 0 Å². The Bertz CT molecular complexity index is 1440. The number of rotatable bonds is 2. The highest BCUT2D eigenvalue weighted by Gasteiger charge is 2.52. The van der Waals surface area contributed by atoms with Crippen molar-refractivity contribution >= 4 is 46.0 Å². The van der Waals surface area contributed by atoms with Crippen LogP contribution < -0.4 is 10.6 Å². The highest BCUT2D eigenvalue weighted by molar-refractivity contribution is 7.99. The number of amides is 1. The summed E-state index contributed by atoms with van der Waals surface area (Å²) in [5, 5.41) is 1.01. The summed E-state index contributed by atoms with van der Waals surface area (Å²) < 4.78 is 29.9. The molecule has 4 heterocycles. The molecule has 0 saturated carbocycles. The summed E-state index contributed by atoms with van der Waals surface area (Å²) in [4.78, 5) is 34.6. The van der Waals surface area contributed by atoms with E-state index in [1.807, 2.05) is 4.90 Å². The second-order valence-electron chi connectivity index (χ2n) is 9.27. The number of carbonyl (C=O) groups is 1. The molecular weight excluding hydrogens is 482 g/mol. The average Bonchev–Trinajstić information content (AvgIpc) is 2.82. The van der Waals surface area contributed by atoms with Gasteiger partial charge >= 0.3 is 5.69 Å². The number of hydrogen-bond acceptors (Lipinski definition) is 5. The molecule has 0 N–H and O–H groups in total. The van der Waals surface area contributed by atoms with E-state index in [0.29, 0.717) is 64.1 Å². The lowest BCUT2D eigenvalue weighted by molar-refractivity contribution is -0.158. The quantitative estimate of drug-likeness (QED) is 0.493. The third-order valence-electron chi connectivity index (χ3n) is 7.13. The summed E-state index contributed by atoms with van der Waals surface area (Å²) in [6.45, 7) is 2.34. The molecular formula is C24H21ClF2N4O2S. The fraction of sp³-hybridized carbons (Fsp3) is 0.375. The van der Waals surface area contributed by atoms with Crippen molar-refractivity contribution in [2.24, 2.45) is 5.41 Å². The van der Waals surface area contributed by atoms with Gasteiger partial charge in [0.25, 0.3) is 0 Å². The Balaban J connectivity index is 1.56. The fourth-order valence-corrected chi connectivity index (χ4v) is 7.22. The van der Waals surface area contributed by atoms with Crippen molar-refractivity contribution in [3.8, 4) is 11.1 Å². The minimum Gasteiger partial charge on any atom is -0.355 e. The van der Waals surface area contributed by atoms with Gasteiger partial charge in [-0.25, -0.2) is 13.6 Å². The molecule has 3 aromatic rings. The maximum absolute atomic E-state index is 14.8. The monoisotopic (exact) mass is 502 g/mol. The molecule has 176 valence electrons. The maximum atomic E-state index is 14.8. The van der Waals surface area contributed by atoms with Crippen molar-refractivity contribution in [1.82, 2.24) is 14.5 Å². The molecule has 0 bridgehead atoms. The predicted molar refractivity (Wildman–Crippen MR) is 129 cm³/mol. The summed E-state index contributed by atoms with van der Waals surface area (Å²) in [6, 6.07) is 5.13. The third-order valence-corrected chi connectivity index (χ3v) is 8.50. The van der Waals surface area contributed by atoms with Crippen LogP contribution in [0.25, 0.3) is 22.0 Å². The topological polar surface area (TPSA) is 58.4 Å². The zero-order valence-electron chi connectivity index (χ0n) is 18.4. The standard InChI is InChI=1S/C24H21ClF2N4O2S/c1-29-11-24(22(29)32)5-2-6-30(12-24)21-15-10-16(25)18(14-4-3-13(26)9-17(14)27)20-19(15)31(7-8-34-20)23(33)28-21/h3-4,9-10H,2,5-8,11-12H2,1H3. The van der Waals surface area contributed by atoms with Crippen LogP contribution in [0.15, 0.2) is 34.0 Å². The minimum atomic E-state index is -0.711. The Labute approximate surface area is 203 Å². The first-order chi connectivity index (χ1) is 16.3. The van der Waals surface area contributed by atoms with Crippen LogP contribution in [0.3, 0.4) is 0 Å². The van der Waals surface area contributed by atoms with Gasteiger partial charge in [-0.05, 0) is 31.0 Å². The number of anilines is 1. The number of carbonyl (C=O) groups excluding carboxylic acids is 1. The van der Waals surface area contributed by atoms with E-state index in [0.717, 1.165) is 18.9 Å². The summed E-state index contributed by atoms with van der Waals surface area (Å²) in [6.07, 6.45) is 1.64. The SMILES string of the molecule is CN1CC2(CCCN(c3nc(=O)n4c5c(c(-c6ccc(F)cc6F)c(Cl)cc35)SCC4)C2)C1=O. The van der Waals surface area contributed by atoms with E-state index in [9.17, 15) is 18.4 Å². The third kappa shape index (κ3) is 3.09. The molecule has 3 aliphatic heterocycles. The number of aromatic nitrogens is 2. The number of piperidine rings is 1. The van der Waals surface area contributed by atoms with Crippen molar-refractivity contribution in [2.45, 2.75) is 24.3 Å². The first-order valence-corrected chi connectivity index (χ1v) is 12.5. The number of nitrogens with zero attached hydrogens (tertiary/aromatic N) is 4. The Morgan fingerprint density at radius 3 is 2.71 bits per heavy atom. The van der Waals surface area contributed by atoms with Crippen molar-refractivity contribution < 1.29 is 13.6 Å². The van der Waals surface area contributed by atoms with Gasteiger partial charge < -0.3 is 9.80 Å². The molecule has 2 fully saturated rings. The Morgan fingerprint density at radius 1 is 1.15 bits per heavy atom. The van der Waals surface area contributed by atoms with Gasteiger partial charge in [0.2, 0.25) is 5.91 Å². The second-order valence-corrected chi connectivity index (χ2v) is 10.8. The minimum absolute atomic E-state index is 0.124. The van der Waals surface area contributed by atoms with E-state index >= 15 is 0 Å². The number of aryl methyl sites for hydroxylation is 1. The molecule has 6 nitrogen and oxygen atoms in total. The molecule has 1 amide bonds. The van der Waals surface area contributed by atoms with Crippen molar-refractivity contribution in [2.75, 3.05) is 37.3 Å². The summed E-state index contributed by atoms with van der Waals surface area (Å²) in [5.41, 5.74) is 0.480. The lowest BCUT2D eigenvalue weighted by Crippen LogP contribution is -2.65. The molecule has 6 rings (SSSR count). The van der Waals surface area contributed by atoms with Crippen molar-refractivity contribution in [3.05, 3.63) is 51.4 Å². The molecule has 2 saturated heterocycles. The predicted octanol–water partition coefficient (Wildman–Crippen LogP) is 4.16. The molecule has 1 spiro atoms. The molecule has 34 heavy (non-hydrogen) atoms. The zero-order valence-corrected chi connectivity index (χ0v) is 20.0. The highest BCUT2D eigenvalue weighted by atomic mass is 35.5. The fourth-order valence-electron chi connectivity index (χ4n) is 5.66. The van der Waals surface area contributed by atoms with Gasteiger partial charge in [-0.1, -0.05) is 11.6 Å². The smallest absolute Gasteiger partial charge is 0.350 e. The zero-order chi connectivity index (χ0) is 23.8. The maximum Gasteiger partial charge on any atom is 0.350 e. The lowest BCUT2D eigenvalue weighted by Gasteiger charge is -2.52. The molecule has 1 aromatic heterocycles. The van der Waals surface area contributed by atoms with Crippen LogP contribution in [0.2, 0.25) is 5.02 Å². The normalized spacial score (nSPS) is 21.9. The van der Waals surface area contributed by atoms with Crippen molar-refractivity contribution in [3.63, 3.8) is 0 Å². The van der Waals surface area contributed by atoms with E-state index in [4.69, 9.17) is 11.6 Å². The van der Waals surface area contributed by atoms with Gasteiger partial charge in [-0.15, -0.1) is 11.8 Å². The van der Waals surface area contributed by atoms with Crippen LogP contribution in [-0.4, -0.2) is 52.8 Å². The number of benzene rings is 2.